The highest BCUT2D eigenvalue weighted by atomic mass is 19.1. The minimum Gasteiger partial charge on any atom is -0.361 e. The number of amides is 1. The zero-order valence-electron chi connectivity index (χ0n) is 15.0. The molecule has 1 amide bonds. The summed E-state index contributed by atoms with van der Waals surface area (Å²) in [6, 6.07) is 14.2. The predicted octanol–water partition coefficient (Wildman–Crippen LogP) is 4.51. The second-order valence-electron chi connectivity index (χ2n) is 6.49. The van der Waals surface area contributed by atoms with Crippen LogP contribution in [0.5, 0.6) is 0 Å². The zero-order chi connectivity index (χ0) is 19.0. The molecule has 2 heterocycles. The van der Waals surface area contributed by atoms with Gasteiger partial charge < -0.3 is 14.8 Å². The normalized spacial score (nSPS) is 11.1. The third-order valence-corrected chi connectivity index (χ3v) is 4.58. The molecule has 0 aliphatic heterocycles. The maximum Gasteiger partial charge on any atom is 0.273 e. The Bertz CT molecular complexity index is 1140. The monoisotopic (exact) mass is 363 g/mol. The molecule has 0 radical (unpaired) electrons. The van der Waals surface area contributed by atoms with E-state index >= 15 is 0 Å². The van der Waals surface area contributed by atoms with E-state index in [4.69, 9.17) is 4.52 Å². The van der Waals surface area contributed by atoms with Gasteiger partial charge in [0.15, 0.2) is 5.69 Å². The first-order valence-corrected chi connectivity index (χ1v) is 8.60. The molecule has 136 valence electrons. The molecule has 0 atom stereocenters. The maximum atomic E-state index is 14.2. The van der Waals surface area contributed by atoms with Gasteiger partial charge in [-0.05, 0) is 49.2 Å². The van der Waals surface area contributed by atoms with Gasteiger partial charge >= 0.3 is 0 Å². The smallest absolute Gasteiger partial charge is 0.273 e. The summed E-state index contributed by atoms with van der Waals surface area (Å²) in [4.78, 5) is 15.4. The molecule has 0 bridgehead atoms. The number of hydrogen-bond donors (Lipinski definition) is 2. The number of rotatable bonds is 4. The predicted molar refractivity (Wildman–Crippen MR) is 101 cm³/mol. The molecule has 2 N–H and O–H groups in total. The molecular formula is C21H18FN3O2. The van der Waals surface area contributed by atoms with Crippen LogP contribution in [-0.4, -0.2) is 16.0 Å². The molecule has 0 saturated carbocycles. The molecule has 0 unspecified atom stereocenters. The van der Waals surface area contributed by atoms with E-state index < -0.39 is 0 Å². The van der Waals surface area contributed by atoms with Gasteiger partial charge in [0, 0.05) is 29.1 Å². The molecule has 4 rings (SSSR count). The van der Waals surface area contributed by atoms with Gasteiger partial charge in [-0.25, -0.2) is 4.39 Å². The fourth-order valence-corrected chi connectivity index (χ4v) is 3.16. The zero-order valence-corrected chi connectivity index (χ0v) is 15.0. The maximum absolute atomic E-state index is 14.2. The number of halogens is 1. The van der Waals surface area contributed by atoms with Crippen molar-refractivity contribution in [3.63, 3.8) is 0 Å². The topological polar surface area (TPSA) is 70.9 Å². The van der Waals surface area contributed by atoms with Crippen LogP contribution in [0.3, 0.4) is 0 Å². The number of aromatic nitrogens is 2. The van der Waals surface area contributed by atoms with Crippen LogP contribution in [0.2, 0.25) is 0 Å². The van der Waals surface area contributed by atoms with Crippen LogP contribution in [0.4, 0.5) is 4.39 Å². The molecule has 0 saturated heterocycles. The summed E-state index contributed by atoms with van der Waals surface area (Å²) < 4.78 is 19.1. The molecule has 0 aliphatic rings. The van der Waals surface area contributed by atoms with Gasteiger partial charge in [-0.1, -0.05) is 23.4 Å². The van der Waals surface area contributed by atoms with Crippen molar-refractivity contribution in [2.24, 2.45) is 0 Å². The van der Waals surface area contributed by atoms with Gasteiger partial charge in [-0.15, -0.1) is 0 Å². The first kappa shape index (κ1) is 17.0. The molecule has 0 aliphatic carbocycles. The van der Waals surface area contributed by atoms with E-state index in [9.17, 15) is 9.18 Å². The first-order valence-electron chi connectivity index (χ1n) is 8.60. The lowest BCUT2D eigenvalue weighted by Crippen LogP contribution is -2.23. The van der Waals surface area contributed by atoms with Gasteiger partial charge in [0.25, 0.3) is 5.91 Å². The first-order chi connectivity index (χ1) is 13.0. The SMILES string of the molecule is Cc1cc(C(=O)NCc2ccc3[nH]c(-c4ccccc4F)c(C)c3c2)no1. The van der Waals surface area contributed by atoms with Gasteiger partial charge in [0.2, 0.25) is 0 Å². The number of aryl methyl sites for hydroxylation is 2. The standard InChI is InChI=1S/C21H18FN3O2/c1-12-9-19(25-27-12)21(26)23-11-14-7-8-18-16(10-14)13(2)20(24-18)15-5-3-4-6-17(15)22/h3-10,24H,11H2,1-2H3,(H,23,26). The molecule has 0 spiro atoms. The Morgan fingerprint density at radius 3 is 2.74 bits per heavy atom. The number of carbonyl (C=O) groups excluding carboxylic acids is 1. The third-order valence-electron chi connectivity index (χ3n) is 4.58. The van der Waals surface area contributed by atoms with Crippen molar-refractivity contribution >= 4 is 16.8 Å². The van der Waals surface area contributed by atoms with Crippen LogP contribution in [0, 0.1) is 19.7 Å². The van der Waals surface area contributed by atoms with Crippen LogP contribution in [0.25, 0.3) is 22.2 Å². The molecule has 4 aromatic rings. The molecule has 6 heteroatoms. The van der Waals surface area contributed by atoms with E-state index in [1.54, 1.807) is 25.1 Å². The number of hydrogen-bond acceptors (Lipinski definition) is 3. The number of nitrogens with zero attached hydrogens (tertiary/aromatic N) is 1. The molecule has 2 aromatic heterocycles. The van der Waals surface area contributed by atoms with Crippen LogP contribution < -0.4 is 5.32 Å². The minimum atomic E-state index is -0.287. The summed E-state index contributed by atoms with van der Waals surface area (Å²) in [5.41, 5.74) is 4.40. The van der Waals surface area contributed by atoms with Gasteiger partial charge in [-0.3, -0.25) is 4.79 Å². The Balaban J connectivity index is 1.60. The van der Waals surface area contributed by atoms with Gasteiger partial charge in [0.05, 0.1) is 5.69 Å². The van der Waals surface area contributed by atoms with Crippen molar-refractivity contribution in [1.29, 1.82) is 0 Å². The van der Waals surface area contributed by atoms with Gasteiger partial charge in [0.1, 0.15) is 11.6 Å². The van der Waals surface area contributed by atoms with Crippen LogP contribution >= 0.6 is 0 Å². The van der Waals surface area contributed by atoms with Crippen molar-refractivity contribution in [2.75, 3.05) is 0 Å². The summed E-state index contributed by atoms with van der Waals surface area (Å²) >= 11 is 0. The van der Waals surface area contributed by atoms with E-state index in [0.29, 0.717) is 17.9 Å². The number of carbonyl (C=O) groups is 1. The highest BCUT2D eigenvalue weighted by molar-refractivity contribution is 5.93. The number of H-pyrrole nitrogens is 1. The van der Waals surface area contributed by atoms with E-state index in [0.717, 1.165) is 27.7 Å². The second-order valence-corrected chi connectivity index (χ2v) is 6.49. The average Bonchev–Trinajstić information content (AvgIpc) is 3.24. The number of nitrogens with one attached hydrogen (secondary N) is 2. The lowest BCUT2D eigenvalue weighted by molar-refractivity contribution is 0.0942. The number of fused-ring (bicyclic) bond motifs is 1. The Hall–Kier alpha value is -3.41. The van der Waals surface area contributed by atoms with Crippen molar-refractivity contribution in [3.8, 4) is 11.3 Å². The molecule has 2 aromatic carbocycles. The van der Waals surface area contributed by atoms with Crippen LogP contribution in [-0.2, 0) is 6.54 Å². The van der Waals surface area contributed by atoms with Crippen molar-refractivity contribution in [2.45, 2.75) is 20.4 Å². The fraction of sp³-hybridized carbons (Fsp3) is 0.143. The Labute approximate surface area is 155 Å². The summed E-state index contributed by atoms with van der Waals surface area (Å²) in [6.45, 7) is 4.06. The fourth-order valence-electron chi connectivity index (χ4n) is 3.16. The lowest BCUT2D eigenvalue weighted by atomic mass is 10.0. The highest BCUT2D eigenvalue weighted by Crippen LogP contribution is 2.31. The van der Waals surface area contributed by atoms with E-state index in [2.05, 4.69) is 15.5 Å². The van der Waals surface area contributed by atoms with Gasteiger partial charge in [-0.2, -0.15) is 0 Å². The summed E-state index contributed by atoms with van der Waals surface area (Å²) in [5, 5.41) is 7.54. The Kier molecular flexibility index (Phi) is 4.24. The second kappa shape index (κ2) is 6.72. The van der Waals surface area contributed by atoms with Crippen molar-refractivity contribution in [3.05, 3.63) is 76.9 Å². The molecular weight excluding hydrogens is 345 g/mol. The lowest BCUT2D eigenvalue weighted by Gasteiger charge is -2.04. The highest BCUT2D eigenvalue weighted by Gasteiger charge is 2.14. The Morgan fingerprint density at radius 2 is 2.00 bits per heavy atom. The van der Waals surface area contributed by atoms with Crippen LogP contribution in [0.1, 0.15) is 27.4 Å². The summed E-state index contributed by atoms with van der Waals surface area (Å²) in [7, 11) is 0. The van der Waals surface area contributed by atoms with E-state index in [1.165, 1.54) is 6.07 Å². The molecule has 5 nitrogen and oxygen atoms in total. The summed E-state index contributed by atoms with van der Waals surface area (Å²) in [6.07, 6.45) is 0. The number of benzene rings is 2. The average molecular weight is 363 g/mol. The molecule has 0 fully saturated rings. The minimum absolute atomic E-state index is 0.258. The van der Waals surface area contributed by atoms with Crippen molar-refractivity contribution in [1.82, 2.24) is 15.5 Å². The van der Waals surface area contributed by atoms with E-state index in [1.807, 2.05) is 31.2 Å². The quantitative estimate of drug-likeness (QED) is 0.560. The van der Waals surface area contributed by atoms with Crippen molar-refractivity contribution < 1.29 is 13.7 Å². The molecule has 27 heavy (non-hydrogen) atoms. The summed E-state index contributed by atoms with van der Waals surface area (Å²) in [5.74, 6) is 0.0394. The number of aromatic amines is 1. The van der Waals surface area contributed by atoms with Crippen LogP contribution in [0.15, 0.2) is 53.1 Å². The Morgan fingerprint density at radius 1 is 1.19 bits per heavy atom. The largest absolute Gasteiger partial charge is 0.361 e. The van der Waals surface area contributed by atoms with E-state index in [-0.39, 0.29) is 17.4 Å². The third kappa shape index (κ3) is 3.21.